The average molecular weight is 328 g/mol. The van der Waals surface area contributed by atoms with E-state index in [9.17, 15) is 14.4 Å². The van der Waals surface area contributed by atoms with E-state index < -0.39 is 0 Å². The third kappa shape index (κ3) is 2.90. The molecule has 1 fully saturated rings. The molecule has 0 aromatic heterocycles. The van der Waals surface area contributed by atoms with Crippen LogP contribution in [0.2, 0.25) is 0 Å². The van der Waals surface area contributed by atoms with Gasteiger partial charge in [-0.05, 0) is 56.8 Å². The fourth-order valence-electron chi connectivity index (χ4n) is 3.74. The van der Waals surface area contributed by atoms with Crippen molar-refractivity contribution in [2.75, 3.05) is 0 Å². The minimum Gasteiger partial charge on any atom is -0.454 e. The van der Waals surface area contributed by atoms with Crippen molar-refractivity contribution in [3.8, 4) is 0 Å². The number of hydrogen-bond acceptors (Lipinski definition) is 4. The molecule has 0 N–H and O–H groups in total. The standard InChI is InChI=1S/C20H24O4/c1-11(2)13-5-6-14-9-18(24-19(14)23)20(4)10-15(20)17(22)7-12(3)16(21)8-13/h7,9,13,15,18H,1,5-6,8,10H2,2-4H3/b12-7-/t13-,15+,18-,20-/m1/s1. The molecule has 1 aliphatic heterocycles. The lowest BCUT2D eigenvalue weighted by Crippen LogP contribution is -2.23. The van der Waals surface area contributed by atoms with Crippen molar-refractivity contribution in [2.24, 2.45) is 17.3 Å². The van der Waals surface area contributed by atoms with Gasteiger partial charge in [-0.3, -0.25) is 9.59 Å². The Hall–Kier alpha value is -1.97. The van der Waals surface area contributed by atoms with Crippen LogP contribution < -0.4 is 0 Å². The maximum atomic E-state index is 12.5. The molecule has 2 aliphatic carbocycles. The highest BCUT2D eigenvalue weighted by molar-refractivity contribution is 6.04. The molecule has 1 heterocycles. The van der Waals surface area contributed by atoms with Gasteiger partial charge in [-0.1, -0.05) is 19.1 Å². The average Bonchev–Trinajstić information content (AvgIpc) is 3.06. The number of rotatable bonds is 1. The largest absolute Gasteiger partial charge is 0.454 e. The lowest BCUT2D eigenvalue weighted by molar-refractivity contribution is -0.142. The molecule has 4 nitrogen and oxygen atoms in total. The summed E-state index contributed by atoms with van der Waals surface area (Å²) in [6.07, 6.45) is 5.34. The first kappa shape index (κ1) is 16.9. The van der Waals surface area contributed by atoms with Crippen molar-refractivity contribution in [3.05, 3.63) is 35.5 Å². The van der Waals surface area contributed by atoms with Crippen LogP contribution in [-0.4, -0.2) is 23.6 Å². The van der Waals surface area contributed by atoms with Gasteiger partial charge in [0, 0.05) is 23.3 Å². The number of hydrogen-bond donors (Lipinski definition) is 0. The summed E-state index contributed by atoms with van der Waals surface area (Å²) in [5.74, 6) is -0.497. The van der Waals surface area contributed by atoms with Crippen molar-refractivity contribution in [1.82, 2.24) is 0 Å². The number of allylic oxidation sites excluding steroid dienone is 3. The second-order valence-corrected chi connectivity index (χ2v) is 7.72. The fourth-order valence-corrected chi connectivity index (χ4v) is 3.74. The second-order valence-electron chi connectivity index (χ2n) is 7.72. The van der Waals surface area contributed by atoms with Crippen molar-refractivity contribution in [2.45, 2.75) is 52.6 Å². The second kappa shape index (κ2) is 5.83. The molecule has 128 valence electrons. The molecule has 2 bridgehead atoms. The van der Waals surface area contributed by atoms with Crippen LogP contribution in [0.15, 0.2) is 35.5 Å². The zero-order chi connectivity index (χ0) is 17.6. The Kier molecular flexibility index (Phi) is 4.10. The van der Waals surface area contributed by atoms with Crippen LogP contribution in [0.5, 0.6) is 0 Å². The van der Waals surface area contributed by atoms with Crippen molar-refractivity contribution >= 4 is 17.5 Å². The van der Waals surface area contributed by atoms with Crippen LogP contribution in [0.1, 0.15) is 46.5 Å². The number of carbonyl (C=O) groups is 3. The molecule has 0 aromatic carbocycles. The van der Waals surface area contributed by atoms with Crippen LogP contribution in [0.3, 0.4) is 0 Å². The van der Waals surface area contributed by atoms with Crippen LogP contribution in [0, 0.1) is 17.3 Å². The fraction of sp³-hybridized carbons (Fsp3) is 0.550. The summed E-state index contributed by atoms with van der Waals surface area (Å²) in [5.41, 5.74) is 1.77. The van der Waals surface area contributed by atoms with E-state index in [0.717, 1.165) is 5.57 Å². The van der Waals surface area contributed by atoms with Crippen LogP contribution in [-0.2, 0) is 19.1 Å². The minimum atomic E-state index is -0.337. The molecular weight excluding hydrogens is 304 g/mol. The Balaban J connectivity index is 1.93. The topological polar surface area (TPSA) is 60.4 Å². The molecule has 3 rings (SSSR count). The lowest BCUT2D eigenvalue weighted by atomic mass is 9.88. The van der Waals surface area contributed by atoms with Gasteiger partial charge in [0.25, 0.3) is 0 Å². The highest BCUT2D eigenvalue weighted by Gasteiger charge is 2.60. The smallest absolute Gasteiger partial charge is 0.334 e. The Morgan fingerprint density at radius 2 is 2.04 bits per heavy atom. The van der Waals surface area contributed by atoms with Gasteiger partial charge in [-0.25, -0.2) is 4.79 Å². The SMILES string of the molecule is C=C(C)[C@@H]1CCC2=C[C@@H](OC2=O)[C@]2(C)C[C@H]2C(=O)/C=C(/C)C(=O)C1. The third-order valence-corrected chi connectivity index (χ3v) is 5.81. The molecule has 0 unspecified atom stereocenters. The summed E-state index contributed by atoms with van der Waals surface area (Å²) in [6.45, 7) is 9.57. The lowest BCUT2D eigenvalue weighted by Gasteiger charge is -2.17. The summed E-state index contributed by atoms with van der Waals surface area (Å²) in [4.78, 5) is 37.0. The first-order valence-corrected chi connectivity index (χ1v) is 8.55. The Morgan fingerprint density at radius 1 is 1.33 bits per heavy atom. The number of esters is 1. The molecule has 24 heavy (non-hydrogen) atoms. The highest BCUT2D eigenvalue weighted by Crippen LogP contribution is 2.58. The zero-order valence-electron chi connectivity index (χ0n) is 14.6. The maximum absolute atomic E-state index is 12.5. The molecule has 0 aromatic rings. The number of Topliss-reactive ketones (excluding diaryl/α,β-unsaturated/α-hetero) is 1. The summed E-state index contributed by atoms with van der Waals surface area (Å²) in [6, 6.07) is 0. The van der Waals surface area contributed by atoms with Gasteiger partial charge in [0.15, 0.2) is 11.6 Å². The Morgan fingerprint density at radius 3 is 2.71 bits per heavy atom. The quantitative estimate of drug-likeness (QED) is 0.547. The molecular formula is C20H24O4. The van der Waals surface area contributed by atoms with Crippen LogP contribution in [0.25, 0.3) is 0 Å². The van der Waals surface area contributed by atoms with Gasteiger partial charge >= 0.3 is 5.97 Å². The predicted octanol–water partition coefficient (Wildman–Crippen LogP) is 3.33. The van der Waals surface area contributed by atoms with E-state index in [4.69, 9.17) is 4.74 Å². The van der Waals surface area contributed by atoms with E-state index in [0.29, 0.717) is 36.8 Å². The van der Waals surface area contributed by atoms with Gasteiger partial charge in [0.05, 0.1) is 0 Å². The molecule has 0 amide bonds. The van der Waals surface area contributed by atoms with Gasteiger partial charge in [-0.15, -0.1) is 0 Å². The van der Waals surface area contributed by atoms with Gasteiger partial charge < -0.3 is 4.74 Å². The predicted molar refractivity (Wildman–Crippen MR) is 90.1 cm³/mol. The van der Waals surface area contributed by atoms with E-state index in [1.54, 1.807) is 6.92 Å². The summed E-state index contributed by atoms with van der Waals surface area (Å²) in [5, 5.41) is 0. The molecule has 4 atom stereocenters. The van der Waals surface area contributed by atoms with Crippen LogP contribution in [0.4, 0.5) is 0 Å². The number of ketones is 2. The summed E-state index contributed by atoms with van der Waals surface area (Å²) in [7, 11) is 0. The van der Waals surface area contributed by atoms with E-state index in [2.05, 4.69) is 6.58 Å². The number of ether oxygens (including phenoxy) is 1. The van der Waals surface area contributed by atoms with E-state index in [1.165, 1.54) is 6.08 Å². The molecule has 1 saturated carbocycles. The van der Waals surface area contributed by atoms with Gasteiger partial charge in [-0.2, -0.15) is 0 Å². The monoisotopic (exact) mass is 328 g/mol. The van der Waals surface area contributed by atoms with E-state index >= 15 is 0 Å². The van der Waals surface area contributed by atoms with Crippen LogP contribution >= 0.6 is 0 Å². The zero-order valence-corrected chi connectivity index (χ0v) is 14.6. The summed E-state index contributed by atoms with van der Waals surface area (Å²) >= 11 is 0. The van der Waals surface area contributed by atoms with Crippen molar-refractivity contribution in [3.63, 3.8) is 0 Å². The first-order chi connectivity index (χ1) is 11.2. The highest BCUT2D eigenvalue weighted by atomic mass is 16.5. The van der Waals surface area contributed by atoms with Gasteiger partial charge in [0.1, 0.15) is 6.10 Å². The minimum absolute atomic E-state index is 0.00887. The summed E-state index contributed by atoms with van der Waals surface area (Å²) < 4.78 is 5.52. The molecule has 0 spiro atoms. The normalized spacial score (nSPS) is 38.6. The van der Waals surface area contributed by atoms with E-state index in [1.807, 2.05) is 19.9 Å². The Bertz CT molecular complexity index is 696. The van der Waals surface area contributed by atoms with Crippen molar-refractivity contribution < 1.29 is 19.1 Å². The molecule has 3 aliphatic rings. The van der Waals surface area contributed by atoms with Gasteiger partial charge in [0.2, 0.25) is 0 Å². The number of carbonyl (C=O) groups excluding carboxylic acids is 3. The molecule has 0 radical (unpaired) electrons. The molecule has 0 saturated heterocycles. The number of fused-ring (bicyclic) bond motifs is 3. The maximum Gasteiger partial charge on any atom is 0.334 e. The first-order valence-electron chi connectivity index (χ1n) is 8.55. The van der Waals surface area contributed by atoms with E-state index in [-0.39, 0.29) is 40.9 Å². The third-order valence-electron chi connectivity index (χ3n) is 5.81. The van der Waals surface area contributed by atoms with Crippen molar-refractivity contribution in [1.29, 1.82) is 0 Å². The Labute approximate surface area is 142 Å². The molecule has 4 heteroatoms.